The van der Waals surface area contributed by atoms with Crippen LogP contribution in [0.2, 0.25) is 5.02 Å². The monoisotopic (exact) mass is 475 g/mol. The number of nitrogens with two attached hydrogens (primary N) is 1. The molecule has 3 aromatic rings. The molecule has 10 heteroatoms. The number of nitrogen functional groups attached to an aromatic ring is 1. The van der Waals surface area contributed by atoms with E-state index in [4.69, 9.17) is 22.1 Å². The Morgan fingerprint density at radius 1 is 1.48 bits per heavy atom. The fraction of sp³-hybridized carbons (Fsp3) is 0.435. The van der Waals surface area contributed by atoms with Gasteiger partial charge in [-0.25, -0.2) is 14.4 Å². The van der Waals surface area contributed by atoms with Gasteiger partial charge in [-0.15, -0.1) is 0 Å². The number of hydrogen-bond donors (Lipinski definition) is 3. The van der Waals surface area contributed by atoms with E-state index in [1.165, 1.54) is 6.07 Å². The zero-order valence-electron chi connectivity index (χ0n) is 18.9. The number of fused-ring (bicyclic) bond motifs is 1. The standard InChI is InChI=1S/C23H27ClFN5O3/c1-11(2)33-20-13(8-16-28-12(3)19-21(26)27-5-6-30(16)19)7-15(24)18(25)17(20)22(32)29-23(4)9-14(31)10-23/h5-7,11,14,31H,8-10H2,1-4H3,(H2,26,27)(H,29,32)/t14-,23-. The Morgan fingerprint density at radius 2 is 2.18 bits per heavy atom. The second kappa shape index (κ2) is 8.46. The van der Waals surface area contributed by atoms with Crippen LogP contribution in [0, 0.1) is 12.7 Å². The van der Waals surface area contributed by atoms with Crippen molar-refractivity contribution in [3.63, 3.8) is 0 Å². The zero-order valence-corrected chi connectivity index (χ0v) is 19.7. The van der Waals surface area contributed by atoms with Crippen LogP contribution >= 0.6 is 11.6 Å². The summed E-state index contributed by atoms with van der Waals surface area (Å²) in [6.45, 7) is 7.22. The summed E-state index contributed by atoms with van der Waals surface area (Å²) >= 11 is 6.22. The maximum Gasteiger partial charge on any atom is 0.258 e. The van der Waals surface area contributed by atoms with Gasteiger partial charge < -0.3 is 20.9 Å². The number of aryl methyl sites for hydroxylation is 1. The molecule has 0 unspecified atom stereocenters. The SMILES string of the molecule is Cc1nc(Cc2cc(Cl)c(F)c(C(=O)N[C@]3(C)C[C@@H](O)C3)c2OC(C)C)n2ccnc(N)c12. The van der Waals surface area contributed by atoms with E-state index in [0.29, 0.717) is 41.3 Å². The Balaban J connectivity index is 1.80. The van der Waals surface area contributed by atoms with Crippen molar-refractivity contribution in [1.82, 2.24) is 19.7 Å². The molecule has 1 saturated carbocycles. The smallest absolute Gasteiger partial charge is 0.258 e. The average molecular weight is 476 g/mol. The molecule has 0 saturated heterocycles. The van der Waals surface area contributed by atoms with Crippen molar-refractivity contribution in [2.45, 2.75) is 64.7 Å². The van der Waals surface area contributed by atoms with Crippen LogP contribution in [0.3, 0.4) is 0 Å². The Morgan fingerprint density at radius 3 is 2.82 bits per heavy atom. The number of benzene rings is 1. The molecule has 1 aliphatic carbocycles. The Kier molecular flexibility index (Phi) is 5.96. The number of nitrogens with one attached hydrogen (secondary N) is 1. The molecule has 0 bridgehead atoms. The summed E-state index contributed by atoms with van der Waals surface area (Å²) in [4.78, 5) is 21.9. The molecular formula is C23H27ClFN5O3. The lowest BCUT2D eigenvalue weighted by molar-refractivity contribution is 0.0126. The number of aliphatic hydroxyl groups excluding tert-OH is 1. The van der Waals surface area contributed by atoms with Crippen LogP contribution in [0.15, 0.2) is 18.5 Å². The molecule has 0 aliphatic heterocycles. The molecule has 8 nitrogen and oxygen atoms in total. The average Bonchev–Trinajstić information content (AvgIpc) is 3.01. The van der Waals surface area contributed by atoms with Gasteiger partial charge >= 0.3 is 0 Å². The van der Waals surface area contributed by atoms with E-state index >= 15 is 4.39 Å². The summed E-state index contributed by atoms with van der Waals surface area (Å²) in [5, 5.41) is 12.3. The fourth-order valence-electron chi connectivity index (χ4n) is 4.39. The number of aliphatic hydroxyl groups is 1. The van der Waals surface area contributed by atoms with Crippen LogP contribution in [0.25, 0.3) is 5.52 Å². The van der Waals surface area contributed by atoms with Gasteiger partial charge in [0.1, 0.15) is 28.5 Å². The molecule has 4 rings (SSSR count). The molecule has 1 aromatic carbocycles. The van der Waals surface area contributed by atoms with Crippen molar-refractivity contribution in [3.05, 3.63) is 51.9 Å². The van der Waals surface area contributed by atoms with Crippen LogP contribution in [0.1, 0.15) is 61.1 Å². The number of carbonyl (C=O) groups excluding carboxylic acids is 1. The molecule has 0 spiro atoms. The third-order valence-corrected chi connectivity index (χ3v) is 6.07. The highest BCUT2D eigenvalue weighted by Crippen LogP contribution is 2.37. The molecule has 1 aliphatic rings. The summed E-state index contributed by atoms with van der Waals surface area (Å²) in [7, 11) is 0. The highest BCUT2D eigenvalue weighted by atomic mass is 35.5. The summed E-state index contributed by atoms with van der Waals surface area (Å²) in [6, 6.07) is 1.46. The summed E-state index contributed by atoms with van der Waals surface area (Å²) < 4.78 is 23.0. The molecule has 2 heterocycles. The van der Waals surface area contributed by atoms with Gasteiger partial charge in [0.25, 0.3) is 5.91 Å². The van der Waals surface area contributed by atoms with Crippen LogP contribution in [0.4, 0.5) is 10.2 Å². The number of rotatable bonds is 6. The van der Waals surface area contributed by atoms with Crippen molar-refractivity contribution in [2.24, 2.45) is 0 Å². The number of imidazole rings is 1. The predicted molar refractivity (Wildman–Crippen MR) is 123 cm³/mol. The summed E-state index contributed by atoms with van der Waals surface area (Å²) in [5.41, 5.74) is 7.03. The van der Waals surface area contributed by atoms with Gasteiger partial charge in [0, 0.05) is 29.9 Å². The maximum absolute atomic E-state index is 15.2. The lowest BCUT2D eigenvalue weighted by Gasteiger charge is -2.43. The Bertz CT molecular complexity index is 1240. The number of carbonyl (C=O) groups is 1. The number of aromatic nitrogens is 3. The van der Waals surface area contributed by atoms with Gasteiger partial charge in [0.05, 0.1) is 22.9 Å². The quantitative estimate of drug-likeness (QED) is 0.503. The molecule has 0 radical (unpaired) electrons. The number of halogens is 2. The third kappa shape index (κ3) is 4.35. The first kappa shape index (κ1) is 23.3. The highest BCUT2D eigenvalue weighted by molar-refractivity contribution is 6.31. The van der Waals surface area contributed by atoms with E-state index in [1.807, 2.05) is 18.2 Å². The van der Waals surface area contributed by atoms with Crippen LogP contribution in [-0.4, -0.2) is 43.1 Å². The van der Waals surface area contributed by atoms with Crippen LogP contribution in [0.5, 0.6) is 5.75 Å². The lowest BCUT2D eigenvalue weighted by atomic mass is 9.76. The largest absolute Gasteiger partial charge is 0.490 e. The molecule has 1 fully saturated rings. The van der Waals surface area contributed by atoms with Gasteiger partial charge in [0.15, 0.2) is 5.82 Å². The van der Waals surface area contributed by atoms with E-state index in [2.05, 4.69) is 15.3 Å². The van der Waals surface area contributed by atoms with Gasteiger partial charge in [-0.1, -0.05) is 11.6 Å². The Hall–Kier alpha value is -2.91. The van der Waals surface area contributed by atoms with E-state index in [1.54, 1.807) is 26.2 Å². The van der Waals surface area contributed by atoms with E-state index in [0.717, 1.165) is 0 Å². The number of anilines is 1. The van der Waals surface area contributed by atoms with Crippen molar-refractivity contribution in [1.29, 1.82) is 0 Å². The number of ether oxygens (including phenoxy) is 1. The van der Waals surface area contributed by atoms with Gasteiger partial charge in [0.2, 0.25) is 0 Å². The second-order valence-corrected chi connectivity index (χ2v) is 9.51. The topological polar surface area (TPSA) is 115 Å². The summed E-state index contributed by atoms with van der Waals surface area (Å²) in [6.07, 6.45) is 3.51. The highest BCUT2D eigenvalue weighted by Gasteiger charge is 2.41. The van der Waals surface area contributed by atoms with Crippen LogP contribution in [-0.2, 0) is 6.42 Å². The molecular weight excluding hydrogens is 449 g/mol. The Labute approximate surface area is 195 Å². The van der Waals surface area contributed by atoms with E-state index in [9.17, 15) is 9.90 Å². The second-order valence-electron chi connectivity index (χ2n) is 9.10. The minimum atomic E-state index is -0.852. The van der Waals surface area contributed by atoms with Crippen molar-refractivity contribution in [3.8, 4) is 5.75 Å². The zero-order chi connectivity index (χ0) is 24.1. The molecule has 0 atom stereocenters. The third-order valence-electron chi connectivity index (χ3n) is 5.80. The van der Waals surface area contributed by atoms with Crippen molar-refractivity contribution < 1.29 is 19.0 Å². The molecule has 2 aromatic heterocycles. The molecule has 1 amide bonds. The molecule has 4 N–H and O–H groups in total. The minimum absolute atomic E-state index is 0.115. The van der Waals surface area contributed by atoms with Crippen molar-refractivity contribution >= 4 is 28.8 Å². The number of amides is 1. The normalized spacial score (nSPS) is 20.2. The first-order valence-electron chi connectivity index (χ1n) is 10.7. The first-order valence-corrected chi connectivity index (χ1v) is 11.1. The van der Waals surface area contributed by atoms with Crippen molar-refractivity contribution in [2.75, 3.05) is 5.73 Å². The maximum atomic E-state index is 15.2. The number of hydrogen-bond acceptors (Lipinski definition) is 6. The van der Waals surface area contributed by atoms with Crippen LogP contribution < -0.4 is 15.8 Å². The lowest BCUT2D eigenvalue weighted by Crippen LogP contribution is -2.57. The van der Waals surface area contributed by atoms with E-state index < -0.39 is 23.4 Å². The van der Waals surface area contributed by atoms with Gasteiger partial charge in [-0.05, 0) is 46.6 Å². The molecule has 33 heavy (non-hydrogen) atoms. The number of nitrogens with zero attached hydrogens (tertiary/aromatic N) is 3. The molecule has 176 valence electrons. The van der Waals surface area contributed by atoms with Gasteiger partial charge in [-0.2, -0.15) is 0 Å². The fourth-order valence-corrected chi connectivity index (χ4v) is 4.62. The first-order chi connectivity index (χ1) is 15.5. The minimum Gasteiger partial charge on any atom is -0.490 e. The summed E-state index contributed by atoms with van der Waals surface area (Å²) in [5.74, 6) is -0.410. The van der Waals surface area contributed by atoms with Gasteiger partial charge in [-0.3, -0.25) is 9.20 Å². The predicted octanol–water partition coefficient (Wildman–Crippen LogP) is 3.43. The van der Waals surface area contributed by atoms with E-state index in [-0.39, 0.29) is 28.9 Å².